The molecule has 3 rings (SSSR count). The summed E-state index contributed by atoms with van der Waals surface area (Å²) in [5, 5.41) is 3.72. The highest BCUT2D eigenvalue weighted by molar-refractivity contribution is 7.89. The van der Waals surface area contributed by atoms with Crippen LogP contribution in [0.2, 0.25) is 0 Å². The van der Waals surface area contributed by atoms with Crippen LogP contribution in [0.3, 0.4) is 0 Å². The summed E-state index contributed by atoms with van der Waals surface area (Å²) >= 11 is 0. The van der Waals surface area contributed by atoms with E-state index in [9.17, 15) is 8.42 Å². The minimum atomic E-state index is -3.12. The molecule has 0 heterocycles. The zero-order valence-corrected chi connectivity index (χ0v) is 19.2. The van der Waals surface area contributed by atoms with E-state index in [1.807, 2.05) is 6.92 Å². The van der Waals surface area contributed by atoms with E-state index in [0.717, 1.165) is 32.2 Å². The van der Waals surface area contributed by atoms with E-state index in [1.54, 1.807) is 0 Å². The number of likely N-dealkylation sites (N-methyl/N-ethyl adjacent to an activating group) is 1. The molecule has 1 aliphatic rings. The maximum Gasteiger partial charge on any atom is 0.211 e. The predicted octanol–water partition coefficient (Wildman–Crippen LogP) is 4.20. The van der Waals surface area contributed by atoms with E-state index in [4.69, 9.17) is 0 Å². The van der Waals surface area contributed by atoms with Crippen molar-refractivity contribution in [3.8, 4) is 0 Å². The van der Waals surface area contributed by atoms with E-state index in [0.29, 0.717) is 24.9 Å². The number of rotatable bonds is 11. The average Bonchev–Trinajstić information content (AvgIpc) is 2.74. The fraction of sp³-hybridized carbons (Fsp3) is 0.520. The molecule has 164 valence electrons. The molecule has 0 amide bonds. The second-order valence-corrected chi connectivity index (χ2v) is 10.3. The lowest BCUT2D eigenvalue weighted by molar-refractivity contribution is 0.392. The molecule has 2 N–H and O–H groups in total. The first kappa shape index (κ1) is 23.0. The summed E-state index contributed by atoms with van der Waals surface area (Å²) in [5.74, 6) is 0.679. The molecule has 5 heteroatoms. The van der Waals surface area contributed by atoms with Crippen LogP contribution < -0.4 is 10.0 Å². The molecule has 4 nitrogen and oxygen atoms in total. The van der Waals surface area contributed by atoms with Gasteiger partial charge in [0.1, 0.15) is 0 Å². The Morgan fingerprint density at radius 1 is 1.03 bits per heavy atom. The van der Waals surface area contributed by atoms with Gasteiger partial charge in [-0.15, -0.1) is 0 Å². The third-order valence-electron chi connectivity index (χ3n) is 6.02. The van der Waals surface area contributed by atoms with E-state index < -0.39 is 10.0 Å². The lowest BCUT2D eigenvalue weighted by Gasteiger charge is -2.35. The van der Waals surface area contributed by atoms with Crippen LogP contribution in [0.25, 0.3) is 0 Å². The number of benzene rings is 2. The average molecular weight is 429 g/mol. The quantitative estimate of drug-likeness (QED) is 0.528. The molecule has 0 saturated heterocycles. The normalized spacial score (nSPS) is 18.9. The molecule has 2 unspecified atom stereocenters. The molecule has 30 heavy (non-hydrogen) atoms. The van der Waals surface area contributed by atoms with Crippen molar-refractivity contribution >= 4 is 10.0 Å². The molecule has 2 aromatic carbocycles. The van der Waals surface area contributed by atoms with Gasteiger partial charge in [0, 0.05) is 18.5 Å². The Morgan fingerprint density at radius 2 is 1.83 bits per heavy atom. The van der Waals surface area contributed by atoms with Gasteiger partial charge in [0.05, 0.1) is 5.75 Å². The SMILES string of the molecule is CCCS(=O)(=O)NCCCc1ccc2c(c1)C(Cc1ccccc1)C(NCC)CC2. The van der Waals surface area contributed by atoms with Crippen LogP contribution in [0.1, 0.15) is 61.3 Å². The smallest absolute Gasteiger partial charge is 0.211 e. The third-order valence-corrected chi connectivity index (χ3v) is 7.61. The zero-order valence-electron chi connectivity index (χ0n) is 18.4. The van der Waals surface area contributed by atoms with Gasteiger partial charge in [0.2, 0.25) is 10.0 Å². The van der Waals surface area contributed by atoms with Crippen molar-refractivity contribution in [1.29, 1.82) is 0 Å². The molecule has 0 aromatic heterocycles. The van der Waals surface area contributed by atoms with Crippen LogP contribution in [-0.4, -0.2) is 33.3 Å². The topological polar surface area (TPSA) is 58.2 Å². The predicted molar refractivity (Wildman–Crippen MR) is 126 cm³/mol. The number of nitrogens with one attached hydrogen (secondary N) is 2. The largest absolute Gasteiger partial charge is 0.314 e. The number of hydrogen-bond donors (Lipinski definition) is 2. The first-order valence-electron chi connectivity index (χ1n) is 11.4. The Balaban J connectivity index is 1.71. The van der Waals surface area contributed by atoms with E-state index in [1.165, 1.54) is 28.7 Å². The molecule has 0 bridgehead atoms. The molecular weight excluding hydrogens is 392 g/mol. The Bertz CT molecular complexity index is 897. The highest BCUT2D eigenvalue weighted by atomic mass is 32.2. The van der Waals surface area contributed by atoms with Crippen LogP contribution in [0.15, 0.2) is 48.5 Å². The second kappa shape index (κ2) is 11.1. The summed E-state index contributed by atoms with van der Waals surface area (Å²) < 4.78 is 26.4. The molecule has 0 radical (unpaired) electrons. The van der Waals surface area contributed by atoms with Gasteiger partial charge in [0.15, 0.2) is 0 Å². The monoisotopic (exact) mass is 428 g/mol. The molecule has 2 aromatic rings. The third kappa shape index (κ3) is 6.40. The highest BCUT2D eigenvalue weighted by Gasteiger charge is 2.29. The Labute approximate surface area is 182 Å². The lowest BCUT2D eigenvalue weighted by atomic mass is 9.75. The maximum absolute atomic E-state index is 11.8. The van der Waals surface area contributed by atoms with E-state index >= 15 is 0 Å². The molecule has 2 atom stereocenters. The van der Waals surface area contributed by atoms with Gasteiger partial charge in [0.25, 0.3) is 0 Å². The zero-order chi connectivity index (χ0) is 21.4. The van der Waals surface area contributed by atoms with Gasteiger partial charge < -0.3 is 5.32 Å². The van der Waals surface area contributed by atoms with Crippen molar-refractivity contribution < 1.29 is 8.42 Å². The van der Waals surface area contributed by atoms with E-state index in [2.05, 4.69) is 65.5 Å². The van der Waals surface area contributed by atoms with Crippen molar-refractivity contribution in [2.24, 2.45) is 0 Å². The minimum Gasteiger partial charge on any atom is -0.314 e. The minimum absolute atomic E-state index is 0.207. The molecule has 0 aliphatic heterocycles. The van der Waals surface area contributed by atoms with Gasteiger partial charge in [-0.05, 0) is 67.3 Å². The highest BCUT2D eigenvalue weighted by Crippen LogP contribution is 2.35. The Kier molecular flexibility index (Phi) is 8.49. The van der Waals surface area contributed by atoms with Crippen LogP contribution in [0.4, 0.5) is 0 Å². The first-order valence-corrected chi connectivity index (χ1v) is 13.0. The van der Waals surface area contributed by atoms with Gasteiger partial charge in [-0.2, -0.15) is 0 Å². The summed E-state index contributed by atoms with van der Waals surface area (Å²) in [6, 6.07) is 18.2. The van der Waals surface area contributed by atoms with Gasteiger partial charge in [-0.25, -0.2) is 13.1 Å². The molecule has 0 fully saturated rings. The van der Waals surface area contributed by atoms with Crippen molar-refractivity contribution in [3.63, 3.8) is 0 Å². The summed E-state index contributed by atoms with van der Waals surface area (Å²) in [7, 11) is -3.12. The van der Waals surface area contributed by atoms with Gasteiger partial charge in [-0.1, -0.05) is 62.4 Å². The summed E-state index contributed by atoms with van der Waals surface area (Å²) in [6.07, 6.45) is 5.71. The summed E-state index contributed by atoms with van der Waals surface area (Å²) in [4.78, 5) is 0. The lowest BCUT2D eigenvalue weighted by Crippen LogP contribution is -2.39. The summed E-state index contributed by atoms with van der Waals surface area (Å²) in [5.41, 5.74) is 5.63. The van der Waals surface area contributed by atoms with Crippen LogP contribution in [-0.2, 0) is 29.3 Å². The Hall–Kier alpha value is -1.69. The standard InChI is InChI=1S/C25H36N2O2S/c1-3-17-30(28,29)27-16-8-11-21-12-13-22-14-15-25(26-4-2)24(23(22)18-21)19-20-9-6-5-7-10-20/h5-7,9-10,12-13,18,24-27H,3-4,8,11,14-17,19H2,1-2H3. The van der Waals surface area contributed by atoms with E-state index in [-0.39, 0.29) is 5.75 Å². The fourth-order valence-corrected chi connectivity index (χ4v) is 5.73. The second-order valence-electron chi connectivity index (χ2n) is 8.35. The fourth-order valence-electron chi connectivity index (χ4n) is 4.59. The van der Waals surface area contributed by atoms with Crippen molar-refractivity contribution in [1.82, 2.24) is 10.0 Å². The van der Waals surface area contributed by atoms with Gasteiger partial charge >= 0.3 is 0 Å². The first-order chi connectivity index (χ1) is 14.5. The molecule has 1 aliphatic carbocycles. The number of hydrogen-bond acceptors (Lipinski definition) is 3. The van der Waals surface area contributed by atoms with Crippen LogP contribution in [0.5, 0.6) is 0 Å². The summed E-state index contributed by atoms with van der Waals surface area (Å²) in [6.45, 7) is 5.57. The number of fused-ring (bicyclic) bond motifs is 1. The van der Waals surface area contributed by atoms with Crippen LogP contribution in [0, 0.1) is 0 Å². The van der Waals surface area contributed by atoms with Crippen molar-refractivity contribution in [3.05, 3.63) is 70.8 Å². The maximum atomic E-state index is 11.8. The number of aryl methyl sites for hydroxylation is 2. The number of sulfonamides is 1. The molecule has 0 saturated carbocycles. The molecule has 0 spiro atoms. The van der Waals surface area contributed by atoms with Gasteiger partial charge in [-0.3, -0.25) is 0 Å². The molecular formula is C25H36N2O2S. The van der Waals surface area contributed by atoms with Crippen molar-refractivity contribution in [2.45, 2.75) is 64.3 Å². The van der Waals surface area contributed by atoms with Crippen molar-refractivity contribution in [2.75, 3.05) is 18.8 Å². The Morgan fingerprint density at radius 3 is 2.57 bits per heavy atom. The van der Waals surface area contributed by atoms with Crippen LogP contribution >= 0.6 is 0 Å².